The number of rotatable bonds is 5. The van der Waals surface area contributed by atoms with E-state index < -0.39 is 10.0 Å². The maximum absolute atomic E-state index is 12.5. The van der Waals surface area contributed by atoms with Crippen LogP contribution in [0.5, 0.6) is 5.75 Å². The summed E-state index contributed by atoms with van der Waals surface area (Å²) in [6.07, 6.45) is 1.46. The summed E-state index contributed by atoms with van der Waals surface area (Å²) >= 11 is 3.26. The lowest BCUT2D eigenvalue weighted by Crippen LogP contribution is -2.25. The van der Waals surface area contributed by atoms with Gasteiger partial charge >= 0.3 is 0 Å². The van der Waals surface area contributed by atoms with Crippen molar-refractivity contribution in [2.45, 2.75) is 37.6 Å². The molecule has 0 saturated carbocycles. The number of ether oxygens (including phenoxy) is 1. The van der Waals surface area contributed by atoms with Crippen LogP contribution in [0.25, 0.3) is 0 Å². The first-order chi connectivity index (χ1) is 10.6. The van der Waals surface area contributed by atoms with E-state index in [1.807, 2.05) is 20.8 Å². The van der Waals surface area contributed by atoms with Gasteiger partial charge in [-0.1, -0.05) is 25.9 Å². The van der Waals surface area contributed by atoms with Gasteiger partial charge in [-0.05, 0) is 34.1 Å². The average Bonchev–Trinajstić information content (AvgIpc) is 2.93. The fourth-order valence-electron chi connectivity index (χ4n) is 2.08. The Hall–Kier alpha value is -1.38. The summed E-state index contributed by atoms with van der Waals surface area (Å²) < 4.78 is 38.0. The summed E-state index contributed by atoms with van der Waals surface area (Å²) in [5.74, 6) is 0.574. The highest BCUT2D eigenvalue weighted by Gasteiger charge is 2.24. The van der Waals surface area contributed by atoms with Crippen molar-refractivity contribution >= 4 is 26.0 Å². The van der Waals surface area contributed by atoms with Crippen molar-refractivity contribution < 1.29 is 17.7 Å². The molecular weight excluding hydrogens is 384 g/mol. The Morgan fingerprint density at radius 2 is 2.04 bits per heavy atom. The molecule has 1 N–H and O–H groups in total. The van der Waals surface area contributed by atoms with E-state index in [4.69, 9.17) is 9.26 Å². The Bertz CT molecular complexity index is 794. The van der Waals surface area contributed by atoms with Crippen LogP contribution in [0.2, 0.25) is 0 Å². The van der Waals surface area contributed by atoms with E-state index in [-0.39, 0.29) is 16.9 Å². The third-order valence-electron chi connectivity index (χ3n) is 3.23. The molecule has 0 aliphatic heterocycles. The van der Waals surface area contributed by atoms with Crippen LogP contribution >= 0.6 is 15.9 Å². The molecule has 2 rings (SSSR count). The van der Waals surface area contributed by atoms with Gasteiger partial charge in [-0.3, -0.25) is 0 Å². The summed E-state index contributed by atoms with van der Waals surface area (Å²) in [4.78, 5) is 0.145. The average molecular weight is 403 g/mol. The predicted molar refractivity (Wildman–Crippen MR) is 89.9 cm³/mol. The van der Waals surface area contributed by atoms with Crippen LogP contribution < -0.4 is 9.46 Å². The van der Waals surface area contributed by atoms with E-state index in [2.05, 4.69) is 25.8 Å². The van der Waals surface area contributed by atoms with E-state index in [1.165, 1.54) is 19.4 Å². The van der Waals surface area contributed by atoms with Crippen LogP contribution in [0, 0.1) is 0 Å². The Balaban J connectivity index is 2.22. The van der Waals surface area contributed by atoms with E-state index >= 15 is 0 Å². The van der Waals surface area contributed by atoms with Crippen molar-refractivity contribution in [1.82, 2.24) is 9.88 Å². The van der Waals surface area contributed by atoms with Gasteiger partial charge in [0.15, 0.2) is 0 Å². The maximum Gasteiger partial charge on any atom is 0.241 e. The molecule has 126 valence electrons. The van der Waals surface area contributed by atoms with Gasteiger partial charge in [-0.2, -0.15) is 0 Å². The second-order valence-electron chi connectivity index (χ2n) is 6.06. The third kappa shape index (κ3) is 4.13. The maximum atomic E-state index is 12.5. The molecular formula is C15H19BrN2O4S. The van der Waals surface area contributed by atoms with Gasteiger partial charge in [0.25, 0.3) is 0 Å². The lowest BCUT2D eigenvalue weighted by Gasteiger charge is -2.16. The number of benzene rings is 1. The van der Waals surface area contributed by atoms with Gasteiger partial charge in [0.1, 0.15) is 12.0 Å². The topological polar surface area (TPSA) is 81.4 Å². The minimum absolute atomic E-state index is 0.108. The van der Waals surface area contributed by atoms with E-state index in [0.29, 0.717) is 15.8 Å². The first-order valence-corrected chi connectivity index (χ1v) is 9.19. The molecule has 0 saturated heterocycles. The van der Waals surface area contributed by atoms with Gasteiger partial charge in [0.2, 0.25) is 10.0 Å². The van der Waals surface area contributed by atoms with Crippen LogP contribution in [0.1, 0.15) is 32.0 Å². The molecule has 0 bridgehead atoms. The van der Waals surface area contributed by atoms with Gasteiger partial charge < -0.3 is 9.26 Å². The number of hydrogen-bond donors (Lipinski definition) is 1. The molecule has 0 aliphatic rings. The van der Waals surface area contributed by atoms with Crippen molar-refractivity contribution in [3.63, 3.8) is 0 Å². The minimum atomic E-state index is -3.68. The monoisotopic (exact) mass is 402 g/mol. The Morgan fingerprint density at radius 1 is 1.35 bits per heavy atom. The van der Waals surface area contributed by atoms with E-state index in [9.17, 15) is 8.42 Å². The van der Waals surface area contributed by atoms with Gasteiger partial charge in [-0.25, -0.2) is 13.1 Å². The summed E-state index contributed by atoms with van der Waals surface area (Å²) in [5, 5.41) is 3.97. The second kappa shape index (κ2) is 6.62. The fraction of sp³-hybridized carbons (Fsp3) is 0.400. The molecule has 0 atom stereocenters. The molecule has 1 heterocycles. The molecule has 1 aromatic heterocycles. The van der Waals surface area contributed by atoms with Crippen molar-refractivity contribution in [3.8, 4) is 5.75 Å². The number of sulfonamides is 1. The van der Waals surface area contributed by atoms with Crippen molar-refractivity contribution in [2.75, 3.05) is 7.11 Å². The molecule has 0 spiro atoms. The normalized spacial score (nSPS) is 12.4. The summed E-state index contributed by atoms with van der Waals surface area (Å²) in [5.41, 5.74) is 1.22. The number of aromatic nitrogens is 1. The highest BCUT2D eigenvalue weighted by Crippen LogP contribution is 2.28. The van der Waals surface area contributed by atoms with E-state index in [1.54, 1.807) is 12.1 Å². The van der Waals surface area contributed by atoms with Crippen LogP contribution in [0.15, 0.2) is 38.4 Å². The summed E-state index contributed by atoms with van der Waals surface area (Å²) in [6.45, 7) is 6.08. The van der Waals surface area contributed by atoms with Crippen LogP contribution in [-0.2, 0) is 22.0 Å². The largest absolute Gasteiger partial charge is 0.497 e. The molecule has 0 unspecified atom stereocenters. The number of hydrogen-bond acceptors (Lipinski definition) is 5. The van der Waals surface area contributed by atoms with E-state index in [0.717, 1.165) is 5.69 Å². The summed E-state index contributed by atoms with van der Waals surface area (Å²) in [6, 6.07) is 4.69. The van der Waals surface area contributed by atoms with Gasteiger partial charge in [0, 0.05) is 22.0 Å². The van der Waals surface area contributed by atoms with Crippen LogP contribution in [-0.4, -0.2) is 20.7 Å². The highest BCUT2D eigenvalue weighted by molar-refractivity contribution is 9.10. The Morgan fingerprint density at radius 3 is 2.61 bits per heavy atom. The van der Waals surface area contributed by atoms with Gasteiger partial charge in [-0.15, -0.1) is 0 Å². The lowest BCUT2D eigenvalue weighted by atomic mass is 9.90. The quantitative estimate of drug-likeness (QED) is 0.829. The van der Waals surface area contributed by atoms with Crippen molar-refractivity contribution in [1.29, 1.82) is 0 Å². The smallest absolute Gasteiger partial charge is 0.241 e. The first kappa shape index (κ1) is 18.0. The molecule has 6 nitrogen and oxygen atoms in total. The summed E-state index contributed by atoms with van der Waals surface area (Å²) in [7, 11) is -2.15. The first-order valence-electron chi connectivity index (χ1n) is 6.92. The van der Waals surface area contributed by atoms with Crippen molar-refractivity contribution in [2.24, 2.45) is 0 Å². The molecule has 23 heavy (non-hydrogen) atoms. The minimum Gasteiger partial charge on any atom is -0.497 e. The molecule has 0 radical (unpaired) electrons. The molecule has 0 fully saturated rings. The number of nitrogens with zero attached hydrogens (tertiary/aromatic N) is 1. The molecule has 8 heteroatoms. The van der Waals surface area contributed by atoms with Gasteiger partial charge in [0.05, 0.1) is 17.7 Å². The molecule has 0 amide bonds. The molecule has 2 aromatic rings. The van der Waals surface area contributed by atoms with Crippen molar-refractivity contribution in [3.05, 3.63) is 40.2 Å². The lowest BCUT2D eigenvalue weighted by molar-refractivity contribution is 0.393. The highest BCUT2D eigenvalue weighted by atomic mass is 79.9. The molecule has 1 aromatic carbocycles. The fourth-order valence-corrected chi connectivity index (χ4v) is 4.14. The zero-order chi connectivity index (χ0) is 17.3. The zero-order valence-corrected chi connectivity index (χ0v) is 15.8. The molecule has 0 aliphatic carbocycles. The number of halogens is 1. The zero-order valence-electron chi connectivity index (χ0n) is 13.4. The van der Waals surface area contributed by atoms with Crippen LogP contribution in [0.3, 0.4) is 0 Å². The Kier molecular flexibility index (Phi) is 5.17. The Labute approximate surface area is 144 Å². The SMILES string of the molecule is COc1ccc(S(=O)(=O)NCc2conc2C(C)(C)C)c(Br)c1. The second-order valence-corrected chi connectivity index (χ2v) is 8.65. The number of methoxy groups -OCH3 is 1. The standard InChI is InChI=1S/C15H19BrN2O4S/c1-15(2,3)14-10(9-22-18-14)8-17-23(19,20)13-6-5-11(21-4)7-12(13)16/h5-7,9,17H,8H2,1-4H3. The third-order valence-corrected chi connectivity index (χ3v) is 5.61. The van der Waals surface area contributed by atoms with Crippen LogP contribution in [0.4, 0.5) is 0 Å². The predicted octanol–water partition coefficient (Wildman–Crippen LogP) is 3.22. The number of nitrogens with one attached hydrogen (secondary N) is 1.